The van der Waals surface area contributed by atoms with E-state index in [9.17, 15) is 4.39 Å². The van der Waals surface area contributed by atoms with Crippen LogP contribution < -0.4 is 4.74 Å². The van der Waals surface area contributed by atoms with Crippen LogP contribution in [0.1, 0.15) is 36.5 Å². The molecular weight excluding hydrogens is 405 g/mol. The van der Waals surface area contributed by atoms with Gasteiger partial charge in [0.05, 0.1) is 13.2 Å². The number of rotatable bonds is 5. The fraction of sp³-hybridized carbons (Fsp3) is 0.556. The van der Waals surface area contributed by atoms with E-state index in [0.717, 1.165) is 31.4 Å². The summed E-state index contributed by atoms with van der Waals surface area (Å²) in [6.07, 6.45) is 2.60. The number of hydrogen-bond acceptors (Lipinski definition) is 4. The zero-order valence-electron chi connectivity index (χ0n) is 19.1. The summed E-state index contributed by atoms with van der Waals surface area (Å²) < 4.78 is 34.0. The minimum Gasteiger partial charge on any atom is -0.483 e. The third-order valence-corrected chi connectivity index (χ3v) is 8.86. The molecule has 6 atom stereocenters. The largest absolute Gasteiger partial charge is 0.483 e. The topological polar surface area (TPSA) is 30.9 Å². The highest BCUT2D eigenvalue weighted by Crippen LogP contribution is 2.65. The number of likely N-dealkylation sites (tertiary alicyclic amines) is 1. The Morgan fingerprint density at radius 2 is 2.00 bits per heavy atom. The van der Waals surface area contributed by atoms with Crippen molar-refractivity contribution in [2.75, 3.05) is 27.3 Å². The molecule has 32 heavy (non-hydrogen) atoms. The molecule has 1 spiro atoms. The van der Waals surface area contributed by atoms with Crippen molar-refractivity contribution in [2.24, 2.45) is 11.3 Å². The van der Waals surface area contributed by atoms with Crippen molar-refractivity contribution in [3.05, 3.63) is 65.0 Å². The van der Waals surface area contributed by atoms with E-state index in [0.29, 0.717) is 30.9 Å². The SMILES string of the molecule is COC1[C@@H]2Oc3c(F)ccc4c3[C@@]23CCN(C)[C@H](C4)C3C[C@@]1(C)COCc1ccccc1. The van der Waals surface area contributed by atoms with Crippen molar-refractivity contribution in [1.29, 1.82) is 0 Å². The van der Waals surface area contributed by atoms with Crippen LogP contribution in [0.4, 0.5) is 4.39 Å². The fourth-order valence-electron chi connectivity index (χ4n) is 7.48. The van der Waals surface area contributed by atoms with Gasteiger partial charge in [0, 0.05) is 29.5 Å². The molecule has 1 saturated carbocycles. The maximum atomic E-state index is 15.0. The average Bonchev–Trinajstić information content (AvgIpc) is 3.13. The molecule has 0 amide bonds. The van der Waals surface area contributed by atoms with Crippen LogP contribution in [-0.2, 0) is 27.9 Å². The van der Waals surface area contributed by atoms with Crippen LogP contribution in [0, 0.1) is 17.2 Å². The van der Waals surface area contributed by atoms with E-state index in [2.05, 4.69) is 31.0 Å². The monoisotopic (exact) mass is 437 g/mol. The Morgan fingerprint density at radius 1 is 1.19 bits per heavy atom. The van der Waals surface area contributed by atoms with Gasteiger partial charge in [-0.25, -0.2) is 4.39 Å². The highest BCUT2D eigenvalue weighted by molar-refractivity contribution is 5.56. The van der Waals surface area contributed by atoms with E-state index in [1.165, 1.54) is 11.1 Å². The van der Waals surface area contributed by atoms with E-state index in [1.807, 2.05) is 24.3 Å². The van der Waals surface area contributed by atoms with Crippen molar-refractivity contribution < 1.29 is 18.6 Å². The van der Waals surface area contributed by atoms with Crippen molar-refractivity contribution in [3.8, 4) is 5.75 Å². The van der Waals surface area contributed by atoms with Gasteiger partial charge in [0.1, 0.15) is 12.2 Å². The van der Waals surface area contributed by atoms with Crippen LogP contribution in [-0.4, -0.2) is 50.5 Å². The lowest BCUT2D eigenvalue weighted by Gasteiger charge is -2.62. The van der Waals surface area contributed by atoms with E-state index in [4.69, 9.17) is 14.2 Å². The average molecular weight is 438 g/mol. The van der Waals surface area contributed by atoms with Gasteiger partial charge >= 0.3 is 0 Å². The van der Waals surface area contributed by atoms with Gasteiger partial charge in [-0.05, 0) is 56.0 Å². The molecule has 2 unspecified atom stereocenters. The maximum Gasteiger partial charge on any atom is 0.165 e. The number of nitrogens with zero attached hydrogens (tertiary/aromatic N) is 1. The number of halogens is 1. The second-order valence-corrected chi connectivity index (χ2v) is 10.6. The minimum absolute atomic E-state index is 0.156. The Labute approximate surface area is 189 Å². The van der Waals surface area contributed by atoms with Crippen LogP contribution in [0.2, 0.25) is 0 Å². The summed E-state index contributed by atoms with van der Waals surface area (Å²) in [5, 5.41) is 0. The molecule has 6 rings (SSSR count). The normalized spacial score (nSPS) is 37.1. The molecule has 4 nitrogen and oxygen atoms in total. The Hall–Kier alpha value is -1.95. The van der Waals surface area contributed by atoms with Gasteiger partial charge in [-0.15, -0.1) is 0 Å². The number of likely N-dealkylation sites (N-methyl/N-ethyl adjacent to an activating group) is 1. The van der Waals surface area contributed by atoms with E-state index < -0.39 is 0 Å². The van der Waals surface area contributed by atoms with Gasteiger partial charge in [0.25, 0.3) is 0 Å². The smallest absolute Gasteiger partial charge is 0.165 e. The number of hydrogen-bond donors (Lipinski definition) is 0. The second-order valence-electron chi connectivity index (χ2n) is 10.6. The molecule has 2 aromatic rings. The highest BCUT2D eigenvalue weighted by atomic mass is 19.1. The standard InChI is InChI=1S/C27H32FNO3/c1-26(16-31-15-17-7-5-4-6-8-17)14-19-21-13-18-9-10-20(28)23-22(18)27(19,11-12-29(21)2)25(32-23)24(26)30-3/h4-10,19,21,24-25H,11-16H2,1-3H3/t19?,21-,24?,25+,26+,27+/m1/s1. The molecular formula is C27H32FNO3. The molecule has 2 fully saturated rings. The molecule has 0 aromatic heterocycles. The molecule has 2 heterocycles. The van der Waals surface area contributed by atoms with Gasteiger partial charge in [-0.3, -0.25) is 0 Å². The Kier molecular flexibility index (Phi) is 4.69. The van der Waals surface area contributed by atoms with Gasteiger partial charge in [0.15, 0.2) is 11.6 Å². The van der Waals surface area contributed by atoms with Crippen LogP contribution in [0.15, 0.2) is 42.5 Å². The summed E-state index contributed by atoms with van der Waals surface area (Å²) in [5.41, 5.74) is 3.20. The molecule has 2 aromatic carbocycles. The molecule has 0 N–H and O–H groups in total. The number of ether oxygens (including phenoxy) is 3. The molecule has 5 heteroatoms. The van der Waals surface area contributed by atoms with Crippen molar-refractivity contribution >= 4 is 0 Å². The van der Waals surface area contributed by atoms with Gasteiger partial charge in [-0.2, -0.15) is 0 Å². The molecule has 1 saturated heterocycles. The Balaban J connectivity index is 1.38. The predicted octanol–water partition coefficient (Wildman–Crippen LogP) is 4.34. The highest BCUT2D eigenvalue weighted by Gasteiger charge is 2.69. The van der Waals surface area contributed by atoms with Crippen molar-refractivity contribution in [3.63, 3.8) is 0 Å². The Bertz CT molecular complexity index is 1030. The first-order valence-electron chi connectivity index (χ1n) is 11.8. The first-order valence-corrected chi connectivity index (χ1v) is 11.8. The number of benzene rings is 2. The van der Waals surface area contributed by atoms with Crippen molar-refractivity contribution in [1.82, 2.24) is 4.90 Å². The predicted molar refractivity (Wildman–Crippen MR) is 120 cm³/mol. The zero-order chi connectivity index (χ0) is 22.1. The Morgan fingerprint density at radius 3 is 2.78 bits per heavy atom. The molecule has 2 bridgehead atoms. The molecule has 2 aliphatic heterocycles. The lowest BCUT2D eigenvalue weighted by Crippen LogP contribution is -2.70. The van der Waals surface area contributed by atoms with Crippen molar-refractivity contribution in [2.45, 2.75) is 56.5 Å². The summed E-state index contributed by atoms with van der Waals surface area (Å²) in [7, 11) is 4.01. The number of methoxy groups -OCH3 is 1. The summed E-state index contributed by atoms with van der Waals surface area (Å²) >= 11 is 0. The quantitative estimate of drug-likeness (QED) is 0.696. The third-order valence-electron chi connectivity index (χ3n) is 8.86. The van der Waals surface area contributed by atoms with E-state index >= 15 is 0 Å². The van der Waals surface area contributed by atoms with E-state index in [-0.39, 0.29) is 28.9 Å². The summed E-state index contributed by atoms with van der Waals surface area (Å²) in [6, 6.07) is 14.3. The summed E-state index contributed by atoms with van der Waals surface area (Å²) in [5.74, 6) is 0.649. The van der Waals surface area contributed by atoms with Crippen LogP contribution in [0.5, 0.6) is 5.75 Å². The molecule has 0 radical (unpaired) electrons. The van der Waals surface area contributed by atoms with Crippen LogP contribution in [0.25, 0.3) is 0 Å². The van der Waals surface area contributed by atoms with E-state index in [1.54, 1.807) is 13.2 Å². The van der Waals surface area contributed by atoms with Crippen LogP contribution >= 0.6 is 0 Å². The lowest BCUT2D eigenvalue weighted by atomic mass is 9.47. The third kappa shape index (κ3) is 2.71. The van der Waals surface area contributed by atoms with Gasteiger partial charge in [0.2, 0.25) is 0 Å². The number of piperidine rings is 1. The molecule has 170 valence electrons. The maximum absolute atomic E-state index is 15.0. The second kappa shape index (κ2) is 7.28. The summed E-state index contributed by atoms with van der Waals surface area (Å²) in [6.45, 7) is 4.45. The first-order chi connectivity index (χ1) is 15.5. The zero-order valence-corrected chi connectivity index (χ0v) is 19.1. The molecule has 2 aliphatic carbocycles. The lowest BCUT2D eigenvalue weighted by molar-refractivity contribution is -0.187. The van der Waals surface area contributed by atoms with Crippen LogP contribution in [0.3, 0.4) is 0 Å². The molecule has 4 aliphatic rings. The summed E-state index contributed by atoms with van der Waals surface area (Å²) in [4.78, 5) is 2.51. The van der Waals surface area contributed by atoms with Gasteiger partial charge < -0.3 is 19.1 Å². The minimum atomic E-state index is -0.236. The fourth-order valence-corrected chi connectivity index (χ4v) is 7.48. The first kappa shape index (κ1) is 20.6. The van der Waals surface area contributed by atoms with Gasteiger partial charge in [-0.1, -0.05) is 43.3 Å².